The van der Waals surface area contributed by atoms with Gasteiger partial charge in [-0.3, -0.25) is 4.79 Å². The highest BCUT2D eigenvalue weighted by molar-refractivity contribution is 8.00. The molecule has 0 saturated heterocycles. The number of carbonyl (C=O) groups is 1. The van der Waals surface area contributed by atoms with E-state index in [1.54, 1.807) is 23.1 Å². The Bertz CT molecular complexity index is 423. The molecule has 4 nitrogen and oxygen atoms in total. The summed E-state index contributed by atoms with van der Waals surface area (Å²) >= 11 is 3.49. The van der Waals surface area contributed by atoms with Crippen molar-refractivity contribution in [3.8, 4) is 0 Å². The van der Waals surface area contributed by atoms with E-state index in [9.17, 15) is 4.79 Å². The first-order chi connectivity index (χ1) is 9.51. The van der Waals surface area contributed by atoms with Crippen LogP contribution in [0.15, 0.2) is 9.72 Å². The van der Waals surface area contributed by atoms with E-state index in [0.29, 0.717) is 0 Å². The van der Waals surface area contributed by atoms with Gasteiger partial charge in [0.2, 0.25) is 0 Å². The minimum atomic E-state index is -0.564. The number of likely N-dealkylation sites (N-methyl/N-ethyl adjacent to an activating group) is 1. The van der Waals surface area contributed by atoms with Crippen LogP contribution in [0.25, 0.3) is 0 Å². The molecular formula is C14H24N2O2S2. The lowest BCUT2D eigenvalue weighted by atomic mass is 9.95. The van der Waals surface area contributed by atoms with Gasteiger partial charge in [-0.05, 0) is 33.2 Å². The Hall–Kier alpha value is -0.590. The van der Waals surface area contributed by atoms with E-state index in [0.717, 1.165) is 41.6 Å². The number of nitrogens with one attached hydrogen (secondary N) is 1. The van der Waals surface area contributed by atoms with Crippen LogP contribution < -0.4 is 5.32 Å². The molecular weight excluding hydrogens is 292 g/mol. The second kappa shape index (κ2) is 8.64. The fourth-order valence-corrected chi connectivity index (χ4v) is 3.94. The predicted molar refractivity (Wildman–Crippen MR) is 85.5 cm³/mol. The molecule has 1 N–H and O–H groups in total. The van der Waals surface area contributed by atoms with Gasteiger partial charge < -0.3 is 10.1 Å². The number of esters is 1. The molecule has 114 valence electrons. The van der Waals surface area contributed by atoms with Crippen LogP contribution in [0.4, 0.5) is 0 Å². The van der Waals surface area contributed by atoms with Crippen LogP contribution in [-0.4, -0.2) is 35.9 Å². The van der Waals surface area contributed by atoms with Crippen LogP contribution in [0.5, 0.6) is 0 Å². The van der Waals surface area contributed by atoms with Crippen LogP contribution in [0.1, 0.15) is 38.8 Å². The lowest BCUT2D eigenvalue weighted by Crippen LogP contribution is -2.50. The Morgan fingerprint density at radius 3 is 2.85 bits per heavy atom. The summed E-state index contributed by atoms with van der Waals surface area (Å²) in [5.74, 6) is 0.860. The maximum Gasteiger partial charge on any atom is 0.325 e. The molecule has 0 bridgehead atoms. The van der Waals surface area contributed by atoms with Crippen molar-refractivity contribution in [2.24, 2.45) is 0 Å². The largest absolute Gasteiger partial charge is 0.468 e. The Labute approximate surface area is 129 Å². The highest BCUT2D eigenvalue weighted by atomic mass is 32.2. The molecule has 1 rings (SSSR count). The summed E-state index contributed by atoms with van der Waals surface area (Å²) in [6.07, 6.45) is 2.86. The maximum atomic E-state index is 11.8. The van der Waals surface area contributed by atoms with Crippen molar-refractivity contribution in [3.63, 3.8) is 0 Å². The highest BCUT2D eigenvalue weighted by Gasteiger charge is 2.32. The number of aromatic nitrogens is 1. The van der Waals surface area contributed by atoms with E-state index in [-0.39, 0.29) is 5.97 Å². The van der Waals surface area contributed by atoms with Crippen molar-refractivity contribution in [1.82, 2.24) is 10.3 Å². The summed E-state index contributed by atoms with van der Waals surface area (Å²) in [5.41, 5.74) is 0.522. The smallest absolute Gasteiger partial charge is 0.325 e. The zero-order chi connectivity index (χ0) is 15.0. The molecule has 1 aromatic heterocycles. The quantitative estimate of drug-likeness (QED) is 0.430. The second-order valence-electron chi connectivity index (χ2n) is 4.91. The summed E-state index contributed by atoms with van der Waals surface area (Å²) in [6, 6.07) is 0. The molecule has 1 heterocycles. The normalized spacial score (nSPS) is 14.0. The number of carbonyl (C=O) groups excluding carboxylic acids is 1. The topological polar surface area (TPSA) is 51.2 Å². The molecule has 1 unspecified atom stereocenters. The average molecular weight is 316 g/mol. The lowest BCUT2D eigenvalue weighted by Gasteiger charge is -2.27. The van der Waals surface area contributed by atoms with Gasteiger partial charge in [0.15, 0.2) is 0 Å². The fraction of sp³-hybridized carbons (Fsp3) is 0.714. The molecule has 0 aromatic carbocycles. The number of thiazole rings is 1. The maximum absolute atomic E-state index is 11.8. The monoisotopic (exact) mass is 316 g/mol. The van der Waals surface area contributed by atoms with Gasteiger partial charge in [-0.1, -0.05) is 25.1 Å². The Morgan fingerprint density at radius 1 is 1.55 bits per heavy atom. The van der Waals surface area contributed by atoms with Gasteiger partial charge in [-0.25, -0.2) is 4.98 Å². The molecule has 0 aliphatic heterocycles. The Balaban J connectivity index is 2.28. The van der Waals surface area contributed by atoms with Gasteiger partial charge in [0.05, 0.1) is 7.11 Å². The van der Waals surface area contributed by atoms with Crippen LogP contribution in [0.2, 0.25) is 0 Å². The van der Waals surface area contributed by atoms with Crippen molar-refractivity contribution in [2.75, 3.05) is 19.4 Å². The number of thioether (sulfide) groups is 1. The van der Waals surface area contributed by atoms with Gasteiger partial charge in [0, 0.05) is 16.8 Å². The van der Waals surface area contributed by atoms with Crippen LogP contribution >= 0.6 is 23.1 Å². The molecule has 0 aliphatic rings. The van der Waals surface area contributed by atoms with Crippen LogP contribution in [0, 0.1) is 6.92 Å². The van der Waals surface area contributed by atoms with Crippen LogP contribution in [-0.2, 0) is 9.53 Å². The number of hydrogen-bond acceptors (Lipinski definition) is 6. The summed E-state index contributed by atoms with van der Waals surface area (Å²) < 4.78 is 6.01. The highest BCUT2D eigenvalue weighted by Crippen LogP contribution is 2.24. The number of nitrogens with zero attached hydrogens (tertiary/aromatic N) is 1. The minimum absolute atomic E-state index is 0.178. The molecule has 0 spiro atoms. The first kappa shape index (κ1) is 17.5. The van der Waals surface area contributed by atoms with Gasteiger partial charge in [0.1, 0.15) is 9.88 Å². The van der Waals surface area contributed by atoms with Crippen molar-refractivity contribution < 1.29 is 9.53 Å². The average Bonchev–Trinajstić information content (AvgIpc) is 2.83. The van der Waals surface area contributed by atoms with E-state index in [4.69, 9.17) is 4.74 Å². The van der Waals surface area contributed by atoms with E-state index < -0.39 is 5.54 Å². The lowest BCUT2D eigenvalue weighted by molar-refractivity contribution is -0.148. The summed E-state index contributed by atoms with van der Waals surface area (Å²) in [4.78, 5) is 16.2. The molecule has 0 saturated carbocycles. The third-order valence-corrected chi connectivity index (χ3v) is 5.32. The number of hydrogen-bond donors (Lipinski definition) is 1. The predicted octanol–water partition coefficient (Wildman–Crippen LogP) is 3.26. The van der Waals surface area contributed by atoms with Gasteiger partial charge >= 0.3 is 5.97 Å². The standard InChI is InChI=1S/C14H24N2O2S2/c1-5-15-14(3,12(17)18-4)8-6-7-9-19-13-16-11(2)10-20-13/h10,15H,5-9H2,1-4H3. The second-order valence-corrected chi connectivity index (χ2v) is 7.11. The van der Waals surface area contributed by atoms with Crippen molar-refractivity contribution in [3.05, 3.63) is 11.1 Å². The summed E-state index contributed by atoms with van der Waals surface area (Å²) in [6.45, 7) is 6.69. The molecule has 6 heteroatoms. The molecule has 1 atom stereocenters. The third-order valence-electron chi connectivity index (χ3n) is 3.10. The fourth-order valence-electron chi connectivity index (χ4n) is 2.02. The van der Waals surface area contributed by atoms with Crippen molar-refractivity contribution >= 4 is 29.1 Å². The van der Waals surface area contributed by atoms with Gasteiger partial charge in [-0.15, -0.1) is 11.3 Å². The Morgan fingerprint density at radius 2 is 2.30 bits per heavy atom. The SMILES string of the molecule is CCNC(C)(CCCCSc1nc(C)cs1)C(=O)OC. The molecule has 1 aromatic rings. The number of aryl methyl sites for hydroxylation is 1. The van der Waals surface area contributed by atoms with Crippen molar-refractivity contribution in [1.29, 1.82) is 0 Å². The summed E-state index contributed by atoms with van der Waals surface area (Å²) in [5, 5.41) is 5.30. The molecule has 0 radical (unpaired) electrons. The van der Waals surface area contributed by atoms with Gasteiger partial charge in [-0.2, -0.15) is 0 Å². The first-order valence-electron chi connectivity index (χ1n) is 6.90. The van der Waals surface area contributed by atoms with Gasteiger partial charge in [0.25, 0.3) is 0 Å². The molecule has 0 fully saturated rings. The molecule has 0 amide bonds. The van der Waals surface area contributed by atoms with E-state index in [1.165, 1.54) is 7.11 Å². The first-order valence-corrected chi connectivity index (χ1v) is 8.76. The zero-order valence-corrected chi connectivity index (χ0v) is 14.3. The molecule has 20 heavy (non-hydrogen) atoms. The number of unbranched alkanes of at least 4 members (excludes halogenated alkanes) is 1. The van der Waals surface area contributed by atoms with E-state index >= 15 is 0 Å². The number of rotatable bonds is 9. The van der Waals surface area contributed by atoms with Crippen LogP contribution in [0.3, 0.4) is 0 Å². The Kier molecular flexibility index (Phi) is 7.55. The number of methoxy groups -OCH3 is 1. The number of ether oxygens (including phenoxy) is 1. The van der Waals surface area contributed by atoms with Crippen molar-refractivity contribution in [2.45, 2.75) is 49.9 Å². The zero-order valence-electron chi connectivity index (χ0n) is 12.7. The summed E-state index contributed by atoms with van der Waals surface area (Å²) in [7, 11) is 1.44. The van der Waals surface area contributed by atoms with E-state index in [2.05, 4.69) is 15.7 Å². The van der Waals surface area contributed by atoms with E-state index in [1.807, 2.05) is 20.8 Å². The third kappa shape index (κ3) is 5.42. The minimum Gasteiger partial charge on any atom is -0.468 e. The molecule has 0 aliphatic carbocycles.